The lowest BCUT2D eigenvalue weighted by Crippen LogP contribution is -2.26. The van der Waals surface area contributed by atoms with Gasteiger partial charge in [0.25, 0.3) is 5.91 Å². The van der Waals surface area contributed by atoms with Crippen molar-refractivity contribution in [1.29, 1.82) is 0 Å². The maximum absolute atomic E-state index is 12.0. The summed E-state index contributed by atoms with van der Waals surface area (Å²) >= 11 is 0. The maximum atomic E-state index is 12.0. The average Bonchev–Trinajstić information content (AvgIpc) is 2.70. The molecule has 3 heteroatoms. The summed E-state index contributed by atoms with van der Waals surface area (Å²) in [4.78, 5) is 12.0. The molecule has 0 aliphatic heterocycles. The van der Waals surface area contributed by atoms with E-state index in [0.717, 1.165) is 17.9 Å². The lowest BCUT2D eigenvalue weighted by molar-refractivity contribution is -0.123. The van der Waals surface area contributed by atoms with Crippen molar-refractivity contribution >= 4 is 11.6 Å². The van der Waals surface area contributed by atoms with Gasteiger partial charge in [-0.05, 0) is 18.6 Å². The van der Waals surface area contributed by atoms with Gasteiger partial charge in [-0.2, -0.15) is 5.06 Å². The fourth-order valence-electron chi connectivity index (χ4n) is 3.47. The van der Waals surface area contributed by atoms with Crippen LogP contribution in [0.2, 0.25) is 0 Å². The summed E-state index contributed by atoms with van der Waals surface area (Å²) in [5.74, 6) is -0.212. The zero-order chi connectivity index (χ0) is 19.6. The molecule has 0 unspecified atom stereocenters. The highest BCUT2D eigenvalue weighted by Crippen LogP contribution is 2.15. The number of para-hydroxylation sites is 1. The minimum Gasteiger partial charge on any atom is -0.281 e. The molecule has 0 spiro atoms. The van der Waals surface area contributed by atoms with E-state index in [1.165, 1.54) is 83.5 Å². The van der Waals surface area contributed by atoms with E-state index in [0.29, 0.717) is 12.1 Å². The highest BCUT2D eigenvalue weighted by Gasteiger charge is 2.11. The van der Waals surface area contributed by atoms with Crippen LogP contribution >= 0.6 is 0 Å². The predicted molar refractivity (Wildman–Crippen MR) is 115 cm³/mol. The topological polar surface area (TPSA) is 40.5 Å². The van der Waals surface area contributed by atoms with Crippen molar-refractivity contribution in [3.05, 3.63) is 30.3 Å². The standard InChI is InChI=1S/C24H41NO2/c1-2-3-4-5-6-7-8-9-10-11-12-13-14-15-19-22-24(26)25(27)23-20-17-16-18-21-23/h16-18,20-21,27H,2-15,19,22H2,1H3. The average molecular weight is 376 g/mol. The largest absolute Gasteiger partial charge is 0.281 e. The molecular formula is C24H41NO2. The molecule has 3 nitrogen and oxygen atoms in total. The van der Waals surface area contributed by atoms with Crippen molar-refractivity contribution in [2.24, 2.45) is 0 Å². The second-order valence-electron chi connectivity index (χ2n) is 7.74. The number of hydrogen-bond donors (Lipinski definition) is 1. The first-order valence-electron chi connectivity index (χ1n) is 11.3. The zero-order valence-electron chi connectivity index (χ0n) is 17.5. The molecule has 1 N–H and O–H groups in total. The Kier molecular flexibility index (Phi) is 14.7. The number of hydroxylamine groups is 1. The Balaban J connectivity index is 1.84. The van der Waals surface area contributed by atoms with Crippen molar-refractivity contribution < 1.29 is 10.0 Å². The molecular weight excluding hydrogens is 334 g/mol. The van der Waals surface area contributed by atoms with Gasteiger partial charge in [-0.25, -0.2) is 0 Å². The molecule has 1 aromatic carbocycles. The first-order valence-corrected chi connectivity index (χ1v) is 11.3. The van der Waals surface area contributed by atoms with Crippen LogP contribution in [0.25, 0.3) is 0 Å². The summed E-state index contributed by atoms with van der Waals surface area (Å²) in [5, 5.41) is 10.7. The molecule has 0 heterocycles. The Bertz CT molecular complexity index is 461. The summed E-state index contributed by atoms with van der Waals surface area (Å²) in [7, 11) is 0. The van der Waals surface area contributed by atoms with E-state index in [-0.39, 0.29) is 5.91 Å². The minimum atomic E-state index is -0.212. The first-order chi connectivity index (χ1) is 13.3. The first kappa shape index (κ1) is 23.7. The van der Waals surface area contributed by atoms with Crippen LogP contribution in [0, 0.1) is 0 Å². The van der Waals surface area contributed by atoms with Crippen molar-refractivity contribution in [2.75, 3.05) is 5.06 Å². The molecule has 1 aromatic rings. The van der Waals surface area contributed by atoms with Gasteiger partial charge in [0.05, 0.1) is 5.69 Å². The van der Waals surface area contributed by atoms with Gasteiger partial charge >= 0.3 is 0 Å². The molecule has 0 fully saturated rings. The van der Waals surface area contributed by atoms with Gasteiger partial charge < -0.3 is 0 Å². The summed E-state index contributed by atoms with van der Waals surface area (Å²) < 4.78 is 0. The molecule has 154 valence electrons. The zero-order valence-corrected chi connectivity index (χ0v) is 17.5. The quantitative estimate of drug-likeness (QED) is 0.172. The third kappa shape index (κ3) is 12.6. The van der Waals surface area contributed by atoms with E-state index < -0.39 is 0 Å². The van der Waals surface area contributed by atoms with Gasteiger partial charge in [-0.15, -0.1) is 0 Å². The monoisotopic (exact) mass is 375 g/mol. The minimum absolute atomic E-state index is 0.212. The molecule has 27 heavy (non-hydrogen) atoms. The van der Waals surface area contributed by atoms with E-state index in [2.05, 4.69) is 6.92 Å². The fourth-order valence-corrected chi connectivity index (χ4v) is 3.47. The Hall–Kier alpha value is -1.35. The molecule has 0 saturated carbocycles. The number of carbonyl (C=O) groups is 1. The van der Waals surface area contributed by atoms with Gasteiger partial charge in [-0.3, -0.25) is 10.0 Å². The molecule has 0 aliphatic rings. The van der Waals surface area contributed by atoms with Crippen LogP contribution in [-0.4, -0.2) is 11.1 Å². The van der Waals surface area contributed by atoms with Gasteiger partial charge in [0, 0.05) is 6.42 Å². The third-order valence-corrected chi connectivity index (χ3v) is 5.23. The van der Waals surface area contributed by atoms with Crippen LogP contribution in [0.15, 0.2) is 30.3 Å². The Labute approximate surface area is 167 Å². The van der Waals surface area contributed by atoms with Gasteiger partial charge in [0.1, 0.15) is 0 Å². The third-order valence-electron chi connectivity index (χ3n) is 5.23. The summed E-state index contributed by atoms with van der Waals surface area (Å²) in [6.07, 6.45) is 20.1. The normalized spacial score (nSPS) is 10.9. The summed E-state index contributed by atoms with van der Waals surface area (Å²) in [5.41, 5.74) is 0.545. The smallest absolute Gasteiger partial charge is 0.250 e. The highest BCUT2D eigenvalue weighted by atomic mass is 16.5. The number of anilines is 1. The predicted octanol–water partition coefficient (Wildman–Crippen LogP) is 7.67. The number of amides is 1. The second-order valence-corrected chi connectivity index (χ2v) is 7.74. The molecule has 0 aliphatic carbocycles. The van der Waals surface area contributed by atoms with Crippen LogP contribution in [0.1, 0.15) is 110 Å². The number of hydrogen-bond acceptors (Lipinski definition) is 2. The highest BCUT2D eigenvalue weighted by molar-refractivity contribution is 5.90. The van der Waals surface area contributed by atoms with E-state index in [4.69, 9.17) is 0 Å². The number of carbonyl (C=O) groups excluding carboxylic acids is 1. The number of nitrogens with zero attached hydrogens (tertiary/aromatic N) is 1. The Morgan fingerprint density at radius 2 is 1.11 bits per heavy atom. The lowest BCUT2D eigenvalue weighted by Gasteiger charge is -2.14. The van der Waals surface area contributed by atoms with Crippen molar-refractivity contribution in [1.82, 2.24) is 0 Å². The fraction of sp³-hybridized carbons (Fsp3) is 0.708. The molecule has 0 radical (unpaired) electrons. The lowest BCUT2D eigenvalue weighted by atomic mass is 10.0. The molecule has 0 bridgehead atoms. The Morgan fingerprint density at radius 1 is 0.704 bits per heavy atom. The van der Waals surface area contributed by atoms with Crippen molar-refractivity contribution in [3.8, 4) is 0 Å². The molecule has 1 amide bonds. The van der Waals surface area contributed by atoms with Crippen LogP contribution in [0.3, 0.4) is 0 Å². The van der Waals surface area contributed by atoms with E-state index in [9.17, 15) is 10.0 Å². The number of rotatable bonds is 17. The van der Waals surface area contributed by atoms with Crippen LogP contribution in [0.4, 0.5) is 5.69 Å². The molecule has 0 aromatic heterocycles. The molecule has 0 saturated heterocycles. The second kappa shape index (κ2) is 16.8. The molecule has 1 rings (SSSR count). The van der Waals surface area contributed by atoms with Crippen LogP contribution in [-0.2, 0) is 4.79 Å². The maximum Gasteiger partial charge on any atom is 0.250 e. The van der Waals surface area contributed by atoms with E-state index in [1.54, 1.807) is 12.1 Å². The van der Waals surface area contributed by atoms with Gasteiger partial charge in [0.2, 0.25) is 0 Å². The van der Waals surface area contributed by atoms with Crippen molar-refractivity contribution in [2.45, 2.75) is 110 Å². The number of benzene rings is 1. The van der Waals surface area contributed by atoms with E-state index >= 15 is 0 Å². The SMILES string of the molecule is CCCCCCCCCCCCCCCCCC(=O)N(O)c1ccccc1. The van der Waals surface area contributed by atoms with Crippen LogP contribution < -0.4 is 5.06 Å². The molecule has 0 atom stereocenters. The summed E-state index contributed by atoms with van der Waals surface area (Å²) in [6.45, 7) is 2.27. The van der Waals surface area contributed by atoms with Gasteiger partial charge in [-0.1, -0.05) is 115 Å². The summed E-state index contributed by atoms with van der Waals surface area (Å²) in [6, 6.07) is 8.99. The van der Waals surface area contributed by atoms with Gasteiger partial charge in [0.15, 0.2) is 0 Å². The Morgan fingerprint density at radius 3 is 1.56 bits per heavy atom. The van der Waals surface area contributed by atoms with Crippen LogP contribution in [0.5, 0.6) is 0 Å². The van der Waals surface area contributed by atoms with Crippen molar-refractivity contribution in [3.63, 3.8) is 0 Å². The number of unbranched alkanes of at least 4 members (excludes halogenated alkanes) is 14. The van der Waals surface area contributed by atoms with E-state index in [1.807, 2.05) is 18.2 Å².